The van der Waals surface area contributed by atoms with Crippen LogP contribution in [0.2, 0.25) is 0 Å². The minimum atomic E-state index is -3.08. The van der Waals surface area contributed by atoms with Crippen LogP contribution in [0.5, 0.6) is 5.75 Å². The quantitative estimate of drug-likeness (QED) is 0.709. The third-order valence-corrected chi connectivity index (χ3v) is 6.19. The predicted molar refractivity (Wildman–Crippen MR) is 106 cm³/mol. The van der Waals surface area contributed by atoms with Gasteiger partial charge in [0.15, 0.2) is 0 Å². The Labute approximate surface area is 175 Å². The first-order chi connectivity index (χ1) is 14.4. The van der Waals surface area contributed by atoms with E-state index in [1.54, 1.807) is 0 Å². The Morgan fingerprint density at radius 2 is 1.93 bits per heavy atom. The standard InChI is InChI=1S/C22H28F3N3O2/c23-18-10-17(11-19(12-18)30-21(24)25)20(29)27-13-16-4-8-28(9-5-16)15-22(14-26)6-2-1-3-7-22/h10-12,16,21H,1-9,13,15H2,(H,27,29). The molecule has 1 aromatic carbocycles. The molecular weight excluding hydrogens is 395 g/mol. The number of hydrogen-bond donors (Lipinski definition) is 1. The maximum Gasteiger partial charge on any atom is 0.387 e. The van der Waals surface area contributed by atoms with Gasteiger partial charge in [-0.3, -0.25) is 4.79 Å². The van der Waals surface area contributed by atoms with Gasteiger partial charge in [-0.25, -0.2) is 4.39 Å². The molecule has 1 N–H and O–H groups in total. The second-order valence-electron chi connectivity index (χ2n) is 8.44. The van der Waals surface area contributed by atoms with Gasteiger partial charge in [-0.15, -0.1) is 0 Å². The van der Waals surface area contributed by atoms with E-state index in [1.807, 2.05) is 0 Å². The lowest BCUT2D eigenvalue weighted by Crippen LogP contribution is -2.44. The largest absolute Gasteiger partial charge is 0.435 e. The number of carbonyl (C=O) groups is 1. The van der Waals surface area contributed by atoms with Crippen molar-refractivity contribution in [3.8, 4) is 11.8 Å². The van der Waals surface area contributed by atoms with Crippen molar-refractivity contribution in [2.45, 2.75) is 51.6 Å². The van der Waals surface area contributed by atoms with Gasteiger partial charge in [-0.1, -0.05) is 19.3 Å². The summed E-state index contributed by atoms with van der Waals surface area (Å²) in [5.41, 5.74) is -0.259. The van der Waals surface area contributed by atoms with Crippen LogP contribution < -0.4 is 10.1 Å². The molecule has 0 unspecified atom stereocenters. The number of ether oxygens (including phenoxy) is 1. The molecule has 0 aromatic heterocycles. The summed E-state index contributed by atoms with van der Waals surface area (Å²) >= 11 is 0. The van der Waals surface area contributed by atoms with Gasteiger partial charge in [-0.05, 0) is 56.8 Å². The molecule has 164 valence electrons. The van der Waals surface area contributed by atoms with E-state index in [2.05, 4.69) is 21.0 Å². The Kier molecular flexibility index (Phi) is 7.59. The van der Waals surface area contributed by atoms with Crippen LogP contribution in [0.15, 0.2) is 18.2 Å². The Morgan fingerprint density at radius 3 is 2.57 bits per heavy atom. The summed E-state index contributed by atoms with van der Waals surface area (Å²) < 4.78 is 42.5. The lowest BCUT2D eigenvalue weighted by molar-refractivity contribution is -0.0500. The third-order valence-electron chi connectivity index (χ3n) is 6.19. The summed E-state index contributed by atoms with van der Waals surface area (Å²) in [4.78, 5) is 14.7. The fourth-order valence-electron chi connectivity index (χ4n) is 4.51. The maximum atomic E-state index is 13.6. The average Bonchev–Trinajstić information content (AvgIpc) is 2.73. The van der Waals surface area contributed by atoms with Gasteiger partial charge in [0.05, 0.1) is 11.5 Å². The molecule has 0 bridgehead atoms. The van der Waals surface area contributed by atoms with Gasteiger partial charge < -0.3 is 15.0 Å². The van der Waals surface area contributed by atoms with Crippen molar-refractivity contribution >= 4 is 5.91 Å². The molecule has 0 radical (unpaired) electrons. The van der Waals surface area contributed by atoms with Crippen LogP contribution in [0.3, 0.4) is 0 Å². The Hall–Kier alpha value is -2.27. The molecule has 8 heteroatoms. The highest BCUT2D eigenvalue weighted by molar-refractivity contribution is 5.94. The normalized spacial score (nSPS) is 20.0. The molecule has 30 heavy (non-hydrogen) atoms. The molecule has 0 atom stereocenters. The molecule has 1 aliphatic carbocycles. The summed E-state index contributed by atoms with van der Waals surface area (Å²) in [6.45, 7) is -0.0510. The van der Waals surface area contributed by atoms with Gasteiger partial charge in [0.1, 0.15) is 11.6 Å². The summed E-state index contributed by atoms with van der Waals surface area (Å²) in [5, 5.41) is 12.4. The number of nitrogens with zero attached hydrogens (tertiary/aromatic N) is 2. The summed E-state index contributed by atoms with van der Waals surface area (Å²) in [6.07, 6.45) is 7.23. The lowest BCUT2D eigenvalue weighted by Gasteiger charge is -2.39. The van der Waals surface area contributed by atoms with E-state index >= 15 is 0 Å². The summed E-state index contributed by atoms with van der Waals surface area (Å²) in [7, 11) is 0. The minimum absolute atomic E-state index is 0.0450. The Morgan fingerprint density at radius 1 is 1.23 bits per heavy atom. The molecule has 5 nitrogen and oxygen atoms in total. The van der Waals surface area contributed by atoms with Crippen LogP contribution in [0.25, 0.3) is 0 Å². The number of benzene rings is 1. The fraction of sp³-hybridized carbons (Fsp3) is 0.636. The van der Waals surface area contributed by atoms with Gasteiger partial charge in [-0.2, -0.15) is 14.0 Å². The van der Waals surface area contributed by atoms with Crippen molar-refractivity contribution in [1.29, 1.82) is 5.26 Å². The molecule has 2 fully saturated rings. The van der Waals surface area contributed by atoms with E-state index in [1.165, 1.54) is 6.42 Å². The number of hydrogen-bond acceptors (Lipinski definition) is 4. The molecule has 1 heterocycles. The van der Waals surface area contributed by atoms with Gasteiger partial charge in [0, 0.05) is 24.7 Å². The van der Waals surface area contributed by atoms with Crippen LogP contribution >= 0.6 is 0 Å². The van der Waals surface area contributed by atoms with Crippen LogP contribution in [-0.4, -0.2) is 43.6 Å². The Bertz CT molecular complexity index is 767. The Balaban J connectivity index is 1.46. The van der Waals surface area contributed by atoms with E-state index in [-0.39, 0.29) is 16.7 Å². The summed E-state index contributed by atoms with van der Waals surface area (Å²) in [5.74, 6) is -1.40. The van der Waals surface area contributed by atoms with E-state index in [4.69, 9.17) is 0 Å². The number of piperidine rings is 1. The number of amides is 1. The molecule has 2 aliphatic rings. The first-order valence-corrected chi connectivity index (χ1v) is 10.6. The van der Waals surface area contributed by atoms with Crippen LogP contribution in [0.1, 0.15) is 55.3 Å². The van der Waals surface area contributed by atoms with E-state index in [9.17, 15) is 23.2 Å². The zero-order chi connectivity index (χ0) is 21.6. The highest BCUT2D eigenvalue weighted by Crippen LogP contribution is 2.37. The number of nitriles is 1. The maximum absolute atomic E-state index is 13.6. The topological polar surface area (TPSA) is 65.4 Å². The smallest absolute Gasteiger partial charge is 0.387 e. The molecule has 1 aromatic rings. The number of likely N-dealkylation sites (tertiary alicyclic amines) is 1. The van der Waals surface area contributed by atoms with Gasteiger partial charge >= 0.3 is 6.61 Å². The second kappa shape index (κ2) is 10.2. The van der Waals surface area contributed by atoms with Crippen molar-refractivity contribution < 1.29 is 22.7 Å². The van der Waals surface area contributed by atoms with Crippen molar-refractivity contribution in [2.75, 3.05) is 26.2 Å². The van der Waals surface area contributed by atoms with Crippen LogP contribution in [0.4, 0.5) is 13.2 Å². The first kappa shape index (κ1) is 22.4. The number of carbonyl (C=O) groups excluding carboxylic acids is 1. The highest BCUT2D eigenvalue weighted by atomic mass is 19.3. The predicted octanol–water partition coefficient (Wildman–Crippen LogP) is 4.34. The number of alkyl halides is 2. The van der Waals surface area contributed by atoms with Crippen LogP contribution in [-0.2, 0) is 0 Å². The molecule has 1 amide bonds. The number of halogens is 3. The van der Waals surface area contributed by atoms with Gasteiger partial charge in [0.25, 0.3) is 5.91 Å². The summed E-state index contributed by atoms with van der Waals surface area (Å²) in [6, 6.07) is 5.50. The van der Waals surface area contributed by atoms with Gasteiger partial charge in [0.2, 0.25) is 0 Å². The van der Waals surface area contributed by atoms with Crippen molar-refractivity contribution in [3.63, 3.8) is 0 Å². The molecule has 1 saturated heterocycles. The van der Waals surface area contributed by atoms with Crippen molar-refractivity contribution in [3.05, 3.63) is 29.6 Å². The monoisotopic (exact) mass is 423 g/mol. The third kappa shape index (κ3) is 6.11. The number of rotatable bonds is 7. The average molecular weight is 423 g/mol. The van der Waals surface area contributed by atoms with Crippen molar-refractivity contribution in [1.82, 2.24) is 10.2 Å². The van der Waals surface area contributed by atoms with Crippen LogP contribution in [0, 0.1) is 28.5 Å². The highest BCUT2D eigenvalue weighted by Gasteiger charge is 2.35. The minimum Gasteiger partial charge on any atom is -0.435 e. The molecule has 1 saturated carbocycles. The molecule has 1 aliphatic heterocycles. The second-order valence-corrected chi connectivity index (χ2v) is 8.44. The lowest BCUT2D eigenvalue weighted by atomic mass is 9.74. The zero-order valence-corrected chi connectivity index (χ0v) is 17.0. The number of nitrogens with one attached hydrogen (secondary N) is 1. The molecule has 0 spiro atoms. The van der Waals surface area contributed by atoms with E-state index in [0.29, 0.717) is 12.5 Å². The molecular formula is C22H28F3N3O2. The zero-order valence-electron chi connectivity index (χ0n) is 17.0. The van der Waals surface area contributed by atoms with E-state index in [0.717, 1.165) is 76.4 Å². The molecule has 3 rings (SSSR count). The first-order valence-electron chi connectivity index (χ1n) is 10.6. The fourth-order valence-corrected chi connectivity index (χ4v) is 4.51. The van der Waals surface area contributed by atoms with E-state index < -0.39 is 18.3 Å². The SMILES string of the molecule is N#CC1(CN2CCC(CNC(=O)c3cc(F)cc(OC(F)F)c3)CC2)CCCCC1. The van der Waals surface area contributed by atoms with Crippen molar-refractivity contribution in [2.24, 2.45) is 11.3 Å².